The van der Waals surface area contributed by atoms with Crippen molar-refractivity contribution in [3.8, 4) is 11.5 Å². The summed E-state index contributed by atoms with van der Waals surface area (Å²) in [6, 6.07) is 14.3. The summed E-state index contributed by atoms with van der Waals surface area (Å²) < 4.78 is 11.7. The quantitative estimate of drug-likeness (QED) is 0.623. The lowest BCUT2D eigenvalue weighted by molar-refractivity contribution is -0.117. The van der Waals surface area contributed by atoms with Gasteiger partial charge < -0.3 is 14.4 Å². The van der Waals surface area contributed by atoms with E-state index in [4.69, 9.17) is 9.47 Å². The molecule has 1 saturated carbocycles. The van der Waals surface area contributed by atoms with Gasteiger partial charge >= 0.3 is 0 Å². The number of methoxy groups -OCH3 is 1. The van der Waals surface area contributed by atoms with E-state index in [1.165, 1.54) is 17.7 Å². The summed E-state index contributed by atoms with van der Waals surface area (Å²) in [7, 11) is 1.68. The molecule has 0 N–H and O–H groups in total. The van der Waals surface area contributed by atoms with Crippen molar-refractivity contribution >= 4 is 23.4 Å². The fourth-order valence-electron chi connectivity index (χ4n) is 4.18. The highest BCUT2D eigenvalue weighted by Gasteiger charge is 2.32. The topological polar surface area (TPSA) is 38.8 Å². The number of nitrogens with zero attached hydrogens (tertiary/aromatic N) is 1. The molecule has 0 radical (unpaired) electrons. The number of thioether (sulfide) groups is 1. The van der Waals surface area contributed by atoms with Gasteiger partial charge in [0.15, 0.2) is 11.5 Å². The van der Waals surface area contributed by atoms with Gasteiger partial charge in [0.05, 0.1) is 13.2 Å². The molecule has 0 aromatic heterocycles. The summed E-state index contributed by atoms with van der Waals surface area (Å²) in [6.07, 6.45) is 7.53. The van der Waals surface area contributed by atoms with Crippen LogP contribution in [0.2, 0.25) is 0 Å². The molecule has 1 unspecified atom stereocenters. The van der Waals surface area contributed by atoms with Crippen molar-refractivity contribution in [2.24, 2.45) is 0 Å². The van der Waals surface area contributed by atoms with Gasteiger partial charge in [-0.05, 0) is 67.8 Å². The van der Waals surface area contributed by atoms with E-state index in [1.807, 2.05) is 23.1 Å². The Morgan fingerprint density at radius 1 is 1.07 bits per heavy atom. The first-order valence-electron chi connectivity index (χ1n) is 9.97. The van der Waals surface area contributed by atoms with Crippen LogP contribution < -0.4 is 14.4 Å². The fourth-order valence-corrected chi connectivity index (χ4v) is 4.64. The molecule has 2 aromatic rings. The number of hydrogen-bond donors (Lipinski definition) is 0. The van der Waals surface area contributed by atoms with Gasteiger partial charge in [-0.2, -0.15) is 0 Å². The van der Waals surface area contributed by atoms with Gasteiger partial charge in [-0.3, -0.25) is 4.79 Å². The first kappa shape index (κ1) is 19.2. The summed E-state index contributed by atoms with van der Waals surface area (Å²) in [4.78, 5) is 15.8. The minimum absolute atomic E-state index is 0.169. The van der Waals surface area contributed by atoms with E-state index in [1.54, 1.807) is 18.9 Å². The van der Waals surface area contributed by atoms with Crippen LogP contribution in [0.15, 0.2) is 47.4 Å². The maximum absolute atomic E-state index is 12.7. The van der Waals surface area contributed by atoms with Crippen molar-refractivity contribution in [2.75, 3.05) is 24.8 Å². The number of hydrogen-bond acceptors (Lipinski definition) is 4. The molecule has 1 aliphatic carbocycles. The zero-order valence-corrected chi connectivity index (χ0v) is 17.3. The highest BCUT2D eigenvalue weighted by atomic mass is 32.2. The van der Waals surface area contributed by atoms with Gasteiger partial charge in [0, 0.05) is 29.5 Å². The summed E-state index contributed by atoms with van der Waals surface area (Å²) in [5.74, 6) is 1.92. The van der Waals surface area contributed by atoms with Crippen molar-refractivity contribution in [3.05, 3.63) is 48.0 Å². The van der Waals surface area contributed by atoms with E-state index in [9.17, 15) is 4.79 Å². The van der Waals surface area contributed by atoms with Crippen LogP contribution in [0.3, 0.4) is 0 Å². The minimum atomic E-state index is 0.169. The largest absolute Gasteiger partial charge is 0.493 e. The minimum Gasteiger partial charge on any atom is -0.493 e. The number of rotatable bonds is 6. The second-order valence-electron chi connectivity index (χ2n) is 7.54. The van der Waals surface area contributed by atoms with Crippen LogP contribution in [0.5, 0.6) is 11.5 Å². The van der Waals surface area contributed by atoms with Crippen molar-refractivity contribution in [3.63, 3.8) is 0 Å². The third kappa shape index (κ3) is 4.00. The van der Waals surface area contributed by atoms with Crippen LogP contribution >= 0.6 is 11.8 Å². The predicted octanol–water partition coefficient (Wildman–Crippen LogP) is 5.26. The van der Waals surface area contributed by atoms with Crippen LogP contribution in [0.25, 0.3) is 0 Å². The van der Waals surface area contributed by atoms with E-state index in [-0.39, 0.29) is 17.9 Å². The van der Waals surface area contributed by atoms with E-state index >= 15 is 0 Å². The number of benzene rings is 2. The molecule has 2 fully saturated rings. The molecule has 5 heteroatoms. The van der Waals surface area contributed by atoms with Crippen molar-refractivity contribution in [2.45, 2.75) is 49.0 Å². The van der Waals surface area contributed by atoms with E-state index in [2.05, 4.69) is 30.5 Å². The molecule has 1 heterocycles. The molecule has 2 aliphatic rings. The van der Waals surface area contributed by atoms with Gasteiger partial charge in [0.2, 0.25) is 5.91 Å². The molecule has 2 aromatic carbocycles. The molecule has 28 heavy (non-hydrogen) atoms. The Bertz CT molecular complexity index is 847. The number of amides is 1. The molecule has 0 bridgehead atoms. The van der Waals surface area contributed by atoms with Crippen molar-refractivity contribution < 1.29 is 14.3 Å². The monoisotopic (exact) mass is 397 g/mol. The Morgan fingerprint density at radius 2 is 1.89 bits per heavy atom. The van der Waals surface area contributed by atoms with Crippen molar-refractivity contribution in [1.82, 2.24) is 0 Å². The highest BCUT2D eigenvalue weighted by Crippen LogP contribution is 2.38. The summed E-state index contributed by atoms with van der Waals surface area (Å²) in [5.41, 5.74) is 2.13. The molecule has 148 valence electrons. The molecule has 4 rings (SSSR count). The van der Waals surface area contributed by atoms with Crippen LogP contribution in [0.4, 0.5) is 5.69 Å². The summed E-state index contributed by atoms with van der Waals surface area (Å²) in [6.45, 7) is 0.700. The molecule has 1 aliphatic heterocycles. The van der Waals surface area contributed by atoms with Gasteiger partial charge in [0.25, 0.3) is 0 Å². The van der Waals surface area contributed by atoms with Gasteiger partial charge in [0.1, 0.15) is 0 Å². The Kier molecular flexibility index (Phi) is 5.81. The van der Waals surface area contributed by atoms with Crippen molar-refractivity contribution in [1.29, 1.82) is 0 Å². The first-order valence-corrected chi connectivity index (χ1v) is 11.2. The molecule has 1 atom stereocenters. The smallest absolute Gasteiger partial charge is 0.227 e. The van der Waals surface area contributed by atoms with E-state index < -0.39 is 0 Å². The second-order valence-corrected chi connectivity index (χ2v) is 8.42. The maximum atomic E-state index is 12.7. The number of anilines is 1. The molecular formula is C23H27NO3S. The van der Waals surface area contributed by atoms with Gasteiger partial charge in [-0.15, -0.1) is 11.8 Å². The Hall–Kier alpha value is -2.14. The highest BCUT2D eigenvalue weighted by molar-refractivity contribution is 7.98. The Labute approximate surface area is 171 Å². The van der Waals surface area contributed by atoms with Crippen LogP contribution in [-0.4, -0.2) is 31.9 Å². The Balaban J connectivity index is 1.54. The zero-order chi connectivity index (χ0) is 19.5. The number of carbonyl (C=O) groups excluding carboxylic acids is 1. The Morgan fingerprint density at radius 3 is 2.64 bits per heavy atom. The van der Waals surface area contributed by atoms with Crippen LogP contribution in [-0.2, 0) is 4.79 Å². The normalized spacial score (nSPS) is 20.0. The molecule has 0 spiro atoms. The molecule has 1 saturated heterocycles. The van der Waals surface area contributed by atoms with Gasteiger partial charge in [-0.25, -0.2) is 0 Å². The maximum Gasteiger partial charge on any atom is 0.227 e. The lowest BCUT2D eigenvalue weighted by Gasteiger charge is -2.19. The number of carbonyl (C=O) groups is 1. The summed E-state index contributed by atoms with van der Waals surface area (Å²) >= 11 is 1.69. The lowest BCUT2D eigenvalue weighted by Crippen LogP contribution is -2.24. The van der Waals surface area contributed by atoms with E-state index in [0.29, 0.717) is 13.0 Å². The first-order chi connectivity index (χ1) is 13.7. The average molecular weight is 398 g/mol. The zero-order valence-electron chi connectivity index (χ0n) is 16.5. The third-order valence-electron chi connectivity index (χ3n) is 5.74. The molecular weight excluding hydrogens is 370 g/mol. The molecule has 4 nitrogen and oxygen atoms in total. The lowest BCUT2D eigenvalue weighted by atomic mass is 9.98. The fraction of sp³-hybridized carbons (Fsp3) is 0.435. The SMILES string of the molecule is COc1ccc(C2CC(=O)N(c3cccc(SC)c3)C2)cc1OC1CCCC1. The standard InChI is InChI=1S/C23H27NO3S/c1-26-21-11-10-16(12-22(21)27-19-7-3-4-8-19)17-13-23(25)24(15-17)18-6-5-9-20(14-18)28-2/h5-6,9-12,14,17,19H,3-4,7-8,13,15H2,1-2H3. The molecule has 1 amide bonds. The van der Waals surface area contributed by atoms with Crippen LogP contribution in [0, 0.1) is 0 Å². The van der Waals surface area contributed by atoms with Crippen LogP contribution in [0.1, 0.15) is 43.6 Å². The number of ether oxygens (including phenoxy) is 2. The second kappa shape index (κ2) is 8.48. The van der Waals surface area contributed by atoms with E-state index in [0.717, 1.165) is 35.6 Å². The summed E-state index contributed by atoms with van der Waals surface area (Å²) in [5, 5.41) is 0. The average Bonchev–Trinajstić information content (AvgIpc) is 3.37. The van der Waals surface area contributed by atoms with Gasteiger partial charge in [-0.1, -0.05) is 12.1 Å². The third-order valence-corrected chi connectivity index (χ3v) is 6.47. The predicted molar refractivity (Wildman–Crippen MR) is 114 cm³/mol.